The van der Waals surface area contributed by atoms with Crippen LogP contribution in [0.15, 0.2) is 12.1 Å². The number of benzene rings is 1. The van der Waals surface area contributed by atoms with Gasteiger partial charge in [0.1, 0.15) is 18.1 Å². The number of carbonyl (C=O) groups excluding carboxylic acids is 2. The molecule has 1 amide bonds. The number of amides is 1. The fourth-order valence-electron chi connectivity index (χ4n) is 5.32. The normalized spacial score (nSPS) is 26.9. The van der Waals surface area contributed by atoms with Crippen LogP contribution in [0, 0.1) is 20.8 Å². The van der Waals surface area contributed by atoms with E-state index in [4.69, 9.17) is 14.4 Å². The topological polar surface area (TPSA) is 68.3 Å². The maximum Gasteiger partial charge on any atom is 0.262 e. The summed E-state index contributed by atoms with van der Waals surface area (Å²) in [6.07, 6.45) is 2.89. The van der Waals surface area contributed by atoms with Gasteiger partial charge in [0.2, 0.25) is 0 Å². The molecule has 3 aliphatic heterocycles. The van der Waals surface area contributed by atoms with Gasteiger partial charge < -0.3 is 9.57 Å². The average Bonchev–Trinajstić information content (AvgIpc) is 3.29. The molecule has 2 atom stereocenters. The zero-order valence-electron chi connectivity index (χ0n) is 18.4. The van der Waals surface area contributed by atoms with Crippen molar-refractivity contribution in [3.63, 3.8) is 0 Å². The first-order valence-corrected chi connectivity index (χ1v) is 10.9. The summed E-state index contributed by atoms with van der Waals surface area (Å²) in [4.78, 5) is 38.9. The van der Waals surface area contributed by atoms with Crippen molar-refractivity contribution in [1.29, 1.82) is 0 Å². The Morgan fingerprint density at radius 2 is 1.80 bits per heavy atom. The number of ketones is 1. The van der Waals surface area contributed by atoms with Crippen LogP contribution in [0.25, 0.3) is 0 Å². The second-order valence-electron chi connectivity index (χ2n) is 8.82. The Labute approximate surface area is 178 Å². The standard InChI is InChI=1S/C23H32N2O5/c1-15-12-16(2)19(17(3)13-15)20-21(26)23(7-9-24(28-4)10-8-23)25(22(20)27)30-14-18-6-5-11-29-18/h12-13,18,20H,5-11,14H2,1-4H3. The minimum atomic E-state index is -0.945. The van der Waals surface area contributed by atoms with Crippen molar-refractivity contribution < 1.29 is 24.0 Å². The molecule has 0 aliphatic carbocycles. The van der Waals surface area contributed by atoms with E-state index >= 15 is 0 Å². The lowest BCUT2D eigenvalue weighted by Gasteiger charge is -2.41. The summed E-state index contributed by atoms with van der Waals surface area (Å²) in [5.41, 5.74) is 2.96. The number of hydrogen-bond acceptors (Lipinski definition) is 6. The second-order valence-corrected chi connectivity index (χ2v) is 8.82. The van der Waals surface area contributed by atoms with Gasteiger partial charge in [-0.15, -0.1) is 0 Å². The fourth-order valence-corrected chi connectivity index (χ4v) is 5.32. The van der Waals surface area contributed by atoms with Crippen molar-refractivity contribution in [2.75, 3.05) is 33.4 Å². The van der Waals surface area contributed by atoms with Crippen LogP contribution in [0.4, 0.5) is 0 Å². The number of aryl methyl sites for hydroxylation is 3. The third-order valence-corrected chi connectivity index (χ3v) is 6.80. The largest absolute Gasteiger partial charge is 0.376 e. The Morgan fingerprint density at radius 1 is 1.13 bits per heavy atom. The Bertz CT molecular complexity index is 802. The predicted molar refractivity (Wildman–Crippen MR) is 111 cm³/mol. The van der Waals surface area contributed by atoms with Gasteiger partial charge >= 0.3 is 0 Å². The summed E-state index contributed by atoms with van der Waals surface area (Å²) in [5, 5.41) is 3.24. The summed E-state index contributed by atoms with van der Waals surface area (Å²) < 4.78 is 5.67. The molecule has 1 aromatic carbocycles. The Morgan fingerprint density at radius 3 is 2.37 bits per heavy atom. The summed E-state index contributed by atoms with van der Waals surface area (Å²) >= 11 is 0. The highest BCUT2D eigenvalue weighted by molar-refractivity contribution is 6.17. The number of hydroxylamine groups is 4. The zero-order chi connectivity index (χ0) is 21.5. The molecule has 0 aromatic heterocycles. The van der Waals surface area contributed by atoms with Gasteiger partial charge in [0.25, 0.3) is 5.91 Å². The van der Waals surface area contributed by atoms with Gasteiger partial charge in [-0.25, -0.2) is 5.06 Å². The Balaban J connectivity index is 1.68. The van der Waals surface area contributed by atoms with E-state index < -0.39 is 11.5 Å². The summed E-state index contributed by atoms with van der Waals surface area (Å²) in [5.74, 6) is -1.12. The molecule has 0 bridgehead atoms. The number of rotatable bonds is 5. The molecule has 3 saturated heterocycles. The average molecular weight is 417 g/mol. The van der Waals surface area contributed by atoms with E-state index in [9.17, 15) is 9.59 Å². The molecule has 0 N–H and O–H groups in total. The van der Waals surface area contributed by atoms with Crippen LogP contribution >= 0.6 is 0 Å². The van der Waals surface area contributed by atoms with Crippen molar-refractivity contribution in [2.45, 2.75) is 64.0 Å². The van der Waals surface area contributed by atoms with Crippen LogP contribution in [-0.2, 0) is 24.0 Å². The maximum absolute atomic E-state index is 13.9. The molecule has 3 heterocycles. The molecule has 30 heavy (non-hydrogen) atoms. The molecule has 2 unspecified atom stereocenters. The van der Waals surface area contributed by atoms with E-state index in [-0.39, 0.29) is 17.8 Å². The van der Waals surface area contributed by atoms with Crippen molar-refractivity contribution >= 4 is 11.7 Å². The third-order valence-electron chi connectivity index (χ3n) is 6.80. The predicted octanol–water partition coefficient (Wildman–Crippen LogP) is 2.61. The number of ether oxygens (including phenoxy) is 1. The lowest BCUT2D eigenvalue weighted by molar-refractivity contribution is -0.237. The quantitative estimate of drug-likeness (QED) is 0.688. The van der Waals surface area contributed by atoms with Crippen LogP contribution in [0.5, 0.6) is 0 Å². The molecule has 1 spiro atoms. The van der Waals surface area contributed by atoms with E-state index in [2.05, 4.69) is 0 Å². The van der Waals surface area contributed by atoms with Gasteiger partial charge in [-0.3, -0.25) is 14.4 Å². The number of piperidine rings is 1. The highest BCUT2D eigenvalue weighted by atomic mass is 16.7. The number of hydrogen-bond donors (Lipinski definition) is 0. The van der Waals surface area contributed by atoms with E-state index in [1.807, 2.05) is 38.0 Å². The molecule has 4 rings (SSSR count). The fraction of sp³-hybridized carbons (Fsp3) is 0.652. The van der Waals surface area contributed by atoms with Crippen molar-refractivity contribution in [3.05, 3.63) is 34.4 Å². The molecule has 7 heteroatoms. The number of nitrogens with zero attached hydrogens (tertiary/aromatic N) is 2. The third kappa shape index (κ3) is 3.58. The smallest absolute Gasteiger partial charge is 0.262 e. The second kappa shape index (κ2) is 8.38. The van der Waals surface area contributed by atoms with Crippen LogP contribution in [0.2, 0.25) is 0 Å². The maximum atomic E-state index is 13.9. The van der Waals surface area contributed by atoms with Crippen molar-refractivity contribution in [2.24, 2.45) is 0 Å². The first kappa shape index (κ1) is 21.4. The van der Waals surface area contributed by atoms with E-state index in [0.717, 1.165) is 41.7 Å². The SMILES string of the molecule is CON1CCC2(CC1)C(=O)C(c1c(C)cc(C)cc1C)C(=O)N2OCC1CCCO1. The summed E-state index contributed by atoms with van der Waals surface area (Å²) in [6, 6.07) is 4.08. The minimum absolute atomic E-state index is 0.0223. The van der Waals surface area contributed by atoms with Gasteiger partial charge in [0, 0.05) is 19.7 Å². The van der Waals surface area contributed by atoms with E-state index in [1.54, 1.807) is 7.11 Å². The monoisotopic (exact) mass is 416 g/mol. The van der Waals surface area contributed by atoms with Crippen LogP contribution in [-0.4, -0.2) is 66.9 Å². The molecule has 0 radical (unpaired) electrons. The molecule has 3 aliphatic rings. The van der Waals surface area contributed by atoms with Gasteiger partial charge in [-0.05, 0) is 63.1 Å². The molecule has 3 fully saturated rings. The van der Waals surface area contributed by atoms with Gasteiger partial charge in [-0.1, -0.05) is 17.7 Å². The van der Waals surface area contributed by atoms with Crippen LogP contribution in [0.1, 0.15) is 53.9 Å². The van der Waals surface area contributed by atoms with Crippen molar-refractivity contribution in [1.82, 2.24) is 10.1 Å². The first-order valence-electron chi connectivity index (χ1n) is 10.9. The molecule has 1 aromatic rings. The summed E-state index contributed by atoms with van der Waals surface area (Å²) in [7, 11) is 1.63. The number of Topliss-reactive ketones (excluding diaryl/α,β-unsaturated/α-hetero) is 1. The lowest BCUT2D eigenvalue weighted by Crippen LogP contribution is -2.56. The Kier molecular flexibility index (Phi) is 5.99. The highest BCUT2D eigenvalue weighted by Gasteiger charge is 2.61. The Hall–Kier alpha value is -1.80. The zero-order valence-corrected chi connectivity index (χ0v) is 18.4. The van der Waals surface area contributed by atoms with Crippen LogP contribution < -0.4 is 0 Å². The minimum Gasteiger partial charge on any atom is -0.376 e. The van der Waals surface area contributed by atoms with E-state index in [0.29, 0.717) is 32.5 Å². The summed E-state index contributed by atoms with van der Waals surface area (Å²) in [6.45, 7) is 8.16. The van der Waals surface area contributed by atoms with Gasteiger partial charge in [0.05, 0.1) is 13.2 Å². The molecule has 164 valence electrons. The van der Waals surface area contributed by atoms with Crippen molar-refractivity contribution in [3.8, 4) is 0 Å². The van der Waals surface area contributed by atoms with Crippen LogP contribution in [0.3, 0.4) is 0 Å². The van der Waals surface area contributed by atoms with E-state index in [1.165, 1.54) is 5.06 Å². The first-order chi connectivity index (χ1) is 14.4. The molecule has 0 saturated carbocycles. The molecular weight excluding hydrogens is 384 g/mol. The highest BCUT2D eigenvalue weighted by Crippen LogP contribution is 2.45. The molecular formula is C23H32N2O5. The molecule has 7 nitrogen and oxygen atoms in total. The number of carbonyl (C=O) groups is 2. The lowest BCUT2D eigenvalue weighted by atomic mass is 9.79. The van der Waals surface area contributed by atoms with Gasteiger partial charge in [-0.2, -0.15) is 5.06 Å². The van der Waals surface area contributed by atoms with Gasteiger partial charge in [0.15, 0.2) is 5.78 Å².